The normalized spacial score (nSPS) is 22.5. The van der Waals surface area contributed by atoms with E-state index in [0.717, 1.165) is 44.2 Å². The number of benzene rings is 2. The van der Waals surface area contributed by atoms with Gasteiger partial charge in [0.1, 0.15) is 0 Å². The number of hydrogen-bond donors (Lipinski definition) is 0. The van der Waals surface area contributed by atoms with Crippen LogP contribution in [0.15, 0.2) is 48.5 Å². The molecule has 3 heterocycles. The highest BCUT2D eigenvalue weighted by Gasteiger charge is 2.43. The molecule has 2 aromatic rings. The van der Waals surface area contributed by atoms with Crippen LogP contribution < -0.4 is 14.4 Å². The van der Waals surface area contributed by atoms with Crippen molar-refractivity contribution in [2.75, 3.05) is 37.9 Å². The number of anilines is 1. The molecule has 2 fully saturated rings. The van der Waals surface area contributed by atoms with Gasteiger partial charge in [-0.2, -0.15) is 0 Å². The van der Waals surface area contributed by atoms with Crippen LogP contribution in [-0.4, -0.2) is 60.6 Å². The van der Waals surface area contributed by atoms with Gasteiger partial charge in [-0.15, -0.1) is 0 Å². The third-order valence-electron chi connectivity index (χ3n) is 5.83. The van der Waals surface area contributed by atoms with E-state index in [9.17, 15) is 9.59 Å². The van der Waals surface area contributed by atoms with Gasteiger partial charge in [0.05, 0.1) is 18.2 Å². The molecule has 2 aromatic carbocycles. The van der Waals surface area contributed by atoms with Gasteiger partial charge in [-0.3, -0.25) is 19.4 Å². The van der Waals surface area contributed by atoms with E-state index in [0.29, 0.717) is 5.69 Å². The Morgan fingerprint density at radius 2 is 1.66 bits per heavy atom. The molecule has 0 N–H and O–H groups in total. The van der Waals surface area contributed by atoms with Crippen LogP contribution in [0.4, 0.5) is 5.69 Å². The number of piperazine rings is 1. The number of imide groups is 1. The highest BCUT2D eigenvalue weighted by Crippen LogP contribution is 2.33. The van der Waals surface area contributed by atoms with Gasteiger partial charge in [0.2, 0.25) is 12.7 Å². The number of nitrogens with zero attached hydrogens (tertiary/aromatic N) is 3. The van der Waals surface area contributed by atoms with Crippen LogP contribution in [0.25, 0.3) is 0 Å². The van der Waals surface area contributed by atoms with Gasteiger partial charge < -0.3 is 9.47 Å². The molecule has 0 saturated carbocycles. The zero-order valence-electron chi connectivity index (χ0n) is 16.1. The van der Waals surface area contributed by atoms with Crippen LogP contribution in [0, 0.1) is 0 Å². The lowest BCUT2D eigenvalue weighted by molar-refractivity contribution is -0.123. The van der Waals surface area contributed by atoms with E-state index in [1.807, 2.05) is 42.5 Å². The second-order valence-electron chi connectivity index (χ2n) is 7.62. The highest BCUT2D eigenvalue weighted by molar-refractivity contribution is 6.22. The number of hydrogen-bond acceptors (Lipinski definition) is 6. The van der Waals surface area contributed by atoms with Crippen molar-refractivity contribution in [1.82, 2.24) is 9.80 Å². The summed E-state index contributed by atoms with van der Waals surface area (Å²) >= 11 is 0. The first kappa shape index (κ1) is 18.1. The lowest BCUT2D eigenvalue weighted by Gasteiger charge is -2.37. The van der Waals surface area contributed by atoms with E-state index in [1.54, 1.807) is 0 Å². The summed E-state index contributed by atoms with van der Waals surface area (Å²) in [7, 11) is 0. The molecule has 0 bridgehead atoms. The Hall–Kier alpha value is -2.90. The summed E-state index contributed by atoms with van der Waals surface area (Å²) in [5.74, 6) is 1.38. The standard InChI is InChI=1S/C22H23N3O4/c26-21-13-18(22(27)25(21)17-4-2-1-3-5-17)24-10-8-23(9-11-24)14-16-6-7-19-20(12-16)29-15-28-19/h1-7,12,18H,8-11,13-15H2/t18-/m0/s1. The molecule has 2 amide bonds. The Bertz CT molecular complexity index is 925. The monoisotopic (exact) mass is 393 g/mol. The Labute approximate surface area is 169 Å². The van der Waals surface area contributed by atoms with Crippen LogP contribution in [-0.2, 0) is 16.1 Å². The largest absolute Gasteiger partial charge is 0.454 e. The van der Waals surface area contributed by atoms with Crippen LogP contribution >= 0.6 is 0 Å². The quantitative estimate of drug-likeness (QED) is 0.739. The zero-order chi connectivity index (χ0) is 19.8. The SMILES string of the molecule is O=C1C[C@H](N2CCN(Cc3ccc4c(c3)OCO4)CC2)C(=O)N1c1ccccc1. The van der Waals surface area contributed by atoms with Crippen molar-refractivity contribution < 1.29 is 19.1 Å². The summed E-state index contributed by atoms with van der Waals surface area (Å²) in [6, 6.07) is 14.9. The Morgan fingerprint density at radius 1 is 0.897 bits per heavy atom. The van der Waals surface area contributed by atoms with Gasteiger partial charge in [0.25, 0.3) is 5.91 Å². The number of para-hydroxylation sites is 1. The number of fused-ring (bicyclic) bond motifs is 1. The molecule has 0 aliphatic carbocycles. The number of carbonyl (C=O) groups is 2. The number of ether oxygens (including phenoxy) is 2. The van der Waals surface area contributed by atoms with Crippen LogP contribution in [0.5, 0.6) is 11.5 Å². The van der Waals surface area contributed by atoms with E-state index < -0.39 is 0 Å². The molecule has 5 rings (SSSR count). The minimum atomic E-state index is -0.351. The molecular formula is C22H23N3O4. The van der Waals surface area contributed by atoms with Crippen molar-refractivity contribution in [1.29, 1.82) is 0 Å². The Kier molecular flexibility index (Phi) is 4.69. The van der Waals surface area contributed by atoms with Crippen molar-refractivity contribution >= 4 is 17.5 Å². The number of carbonyl (C=O) groups excluding carboxylic acids is 2. The summed E-state index contributed by atoms with van der Waals surface area (Å²) < 4.78 is 10.8. The van der Waals surface area contributed by atoms with Crippen molar-refractivity contribution in [2.24, 2.45) is 0 Å². The Morgan fingerprint density at radius 3 is 2.45 bits per heavy atom. The van der Waals surface area contributed by atoms with Crippen LogP contribution in [0.2, 0.25) is 0 Å². The van der Waals surface area contributed by atoms with Gasteiger partial charge in [-0.25, -0.2) is 4.90 Å². The first-order valence-electron chi connectivity index (χ1n) is 9.96. The van der Waals surface area contributed by atoms with Crippen molar-refractivity contribution in [3.8, 4) is 11.5 Å². The fourth-order valence-electron chi connectivity index (χ4n) is 4.28. The molecule has 150 valence electrons. The summed E-state index contributed by atoms with van der Waals surface area (Å²) in [6.07, 6.45) is 0.260. The molecule has 0 aromatic heterocycles. The molecule has 29 heavy (non-hydrogen) atoms. The second-order valence-corrected chi connectivity index (χ2v) is 7.62. The molecule has 0 unspecified atom stereocenters. The molecule has 0 radical (unpaired) electrons. The topological polar surface area (TPSA) is 62.3 Å². The van der Waals surface area contributed by atoms with Crippen molar-refractivity contribution in [2.45, 2.75) is 19.0 Å². The van der Waals surface area contributed by atoms with Gasteiger partial charge in [0, 0.05) is 32.7 Å². The molecule has 7 nitrogen and oxygen atoms in total. The third kappa shape index (κ3) is 3.47. The fourth-order valence-corrected chi connectivity index (χ4v) is 4.28. The van der Waals surface area contributed by atoms with Crippen LogP contribution in [0.1, 0.15) is 12.0 Å². The maximum absolute atomic E-state index is 12.9. The summed E-state index contributed by atoms with van der Waals surface area (Å²) in [6.45, 7) is 4.38. The molecule has 1 atom stereocenters. The maximum atomic E-state index is 12.9. The van der Waals surface area contributed by atoms with E-state index in [1.165, 1.54) is 10.5 Å². The average molecular weight is 393 g/mol. The van der Waals surface area contributed by atoms with Crippen molar-refractivity contribution in [3.05, 3.63) is 54.1 Å². The Balaban J connectivity index is 1.20. The van der Waals surface area contributed by atoms with Gasteiger partial charge in [-0.1, -0.05) is 24.3 Å². The minimum absolute atomic E-state index is 0.106. The molecule has 7 heteroatoms. The lowest BCUT2D eigenvalue weighted by atomic mass is 10.1. The molecule has 0 spiro atoms. The highest BCUT2D eigenvalue weighted by atomic mass is 16.7. The van der Waals surface area contributed by atoms with E-state index >= 15 is 0 Å². The molecule has 3 aliphatic heterocycles. The van der Waals surface area contributed by atoms with Crippen LogP contribution in [0.3, 0.4) is 0 Å². The first-order chi connectivity index (χ1) is 14.2. The maximum Gasteiger partial charge on any atom is 0.251 e. The second kappa shape index (κ2) is 7.50. The average Bonchev–Trinajstić information content (AvgIpc) is 3.33. The van der Waals surface area contributed by atoms with Gasteiger partial charge in [0.15, 0.2) is 11.5 Å². The molecule has 3 aliphatic rings. The lowest BCUT2D eigenvalue weighted by Crippen LogP contribution is -2.52. The molecular weight excluding hydrogens is 370 g/mol. The van der Waals surface area contributed by atoms with E-state index in [-0.39, 0.29) is 31.1 Å². The van der Waals surface area contributed by atoms with Gasteiger partial charge >= 0.3 is 0 Å². The van der Waals surface area contributed by atoms with E-state index in [2.05, 4.69) is 15.9 Å². The summed E-state index contributed by atoms with van der Waals surface area (Å²) in [4.78, 5) is 31.3. The minimum Gasteiger partial charge on any atom is -0.454 e. The smallest absolute Gasteiger partial charge is 0.251 e. The summed E-state index contributed by atoms with van der Waals surface area (Å²) in [5, 5.41) is 0. The fraction of sp³-hybridized carbons (Fsp3) is 0.364. The molecule has 2 saturated heterocycles. The predicted molar refractivity (Wildman–Crippen MR) is 107 cm³/mol. The van der Waals surface area contributed by atoms with Crippen molar-refractivity contribution in [3.63, 3.8) is 0 Å². The zero-order valence-corrected chi connectivity index (χ0v) is 16.1. The third-order valence-corrected chi connectivity index (χ3v) is 5.83. The predicted octanol–water partition coefficient (Wildman–Crippen LogP) is 1.86. The first-order valence-corrected chi connectivity index (χ1v) is 9.96. The summed E-state index contributed by atoms with van der Waals surface area (Å²) in [5.41, 5.74) is 1.84. The number of rotatable bonds is 4. The number of amides is 2. The van der Waals surface area contributed by atoms with E-state index in [4.69, 9.17) is 9.47 Å². The van der Waals surface area contributed by atoms with Gasteiger partial charge in [-0.05, 0) is 29.8 Å².